The van der Waals surface area contributed by atoms with Crippen LogP contribution in [0, 0.1) is 0 Å². The molecule has 206 valence electrons. The van der Waals surface area contributed by atoms with Gasteiger partial charge in [0.1, 0.15) is 5.75 Å². The van der Waals surface area contributed by atoms with Crippen molar-refractivity contribution in [1.29, 1.82) is 0 Å². The van der Waals surface area contributed by atoms with E-state index in [1.165, 1.54) is 0 Å². The molecule has 0 saturated carbocycles. The van der Waals surface area contributed by atoms with Crippen LogP contribution in [0.25, 0.3) is 0 Å². The van der Waals surface area contributed by atoms with E-state index < -0.39 is 0 Å². The first-order valence-electron chi connectivity index (χ1n) is 12.6. The average Bonchev–Trinajstić information content (AvgIpc) is 2.95. The standard InChI is InChI=1S/C27H29N9O3S/c1-35(2)18-9-6-10-20(15-18)39-23-24(29-16-21(30-23)36-13-11-19(37)12-14-36)40-27-33-25(28)32-26(34-27)31-22(38)17-7-4-3-5-8-17/h3-10,15-16,19,37H,11-14H2,1-2H3,(H3,28,31,32,33,34,38). The van der Waals surface area contributed by atoms with Gasteiger partial charge in [-0.05, 0) is 48.9 Å². The molecule has 2 aromatic carbocycles. The first kappa shape index (κ1) is 27.1. The van der Waals surface area contributed by atoms with E-state index in [-0.39, 0.29) is 34.9 Å². The number of piperidine rings is 1. The first-order chi connectivity index (χ1) is 19.3. The number of nitrogens with one attached hydrogen (secondary N) is 1. The summed E-state index contributed by atoms with van der Waals surface area (Å²) < 4.78 is 6.24. The number of hydrogen-bond donors (Lipinski definition) is 3. The van der Waals surface area contributed by atoms with Gasteiger partial charge in [0.15, 0.2) is 10.8 Å². The number of nitrogens with two attached hydrogens (primary N) is 1. The van der Waals surface area contributed by atoms with Crippen molar-refractivity contribution in [3.8, 4) is 11.6 Å². The molecule has 0 unspecified atom stereocenters. The smallest absolute Gasteiger partial charge is 0.258 e. The third kappa shape index (κ3) is 6.74. The van der Waals surface area contributed by atoms with Crippen LogP contribution in [0.4, 0.5) is 23.4 Å². The zero-order valence-electron chi connectivity index (χ0n) is 22.1. The minimum Gasteiger partial charge on any atom is -0.437 e. The molecule has 0 spiro atoms. The number of aliphatic hydroxyl groups excluding tert-OH is 1. The average molecular weight is 560 g/mol. The van der Waals surface area contributed by atoms with Crippen molar-refractivity contribution in [2.24, 2.45) is 0 Å². The summed E-state index contributed by atoms with van der Waals surface area (Å²) in [5.74, 6) is 1.07. The maximum absolute atomic E-state index is 12.6. The number of rotatable bonds is 8. The Balaban J connectivity index is 1.43. The van der Waals surface area contributed by atoms with Gasteiger partial charge in [-0.3, -0.25) is 10.1 Å². The molecule has 1 aliphatic rings. The third-order valence-electron chi connectivity index (χ3n) is 6.11. The van der Waals surface area contributed by atoms with Crippen LogP contribution in [-0.4, -0.2) is 69.2 Å². The van der Waals surface area contributed by atoms with E-state index in [0.717, 1.165) is 17.4 Å². The fraction of sp³-hybridized carbons (Fsp3) is 0.259. The summed E-state index contributed by atoms with van der Waals surface area (Å²) >= 11 is 1.09. The van der Waals surface area contributed by atoms with Crippen molar-refractivity contribution < 1.29 is 14.6 Å². The topological polar surface area (TPSA) is 156 Å². The Kier molecular flexibility index (Phi) is 8.22. The second-order valence-corrected chi connectivity index (χ2v) is 10.2. The SMILES string of the molecule is CN(C)c1cccc(Oc2nc(N3CCC(O)CC3)cnc2Sc2nc(N)nc(NC(=O)c3ccccc3)n2)c1. The number of aliphatic hydroxyl groups is 1. The molecule has 0 aliphatic carbocycles. The number of ether oxygens (including phenoxy) is 1. The van der Waals surface area contributed by atoms with Gasteiger partial charge >= 0.3 is 0 Å². The highest BCUT2D eigenvalue weighted by atomic mass is 32.2. The molecular formula is C27H29N9O3S. The summed E-state index contributed by atoms with van der Waals surface area (Å²) in [4.78, 5) is 38.7. The molecule has 12 nitrogen and oxygen atoms in total. The summed E-state index contributed by atoms with van der Waals surface area (Å²) in [6.07, 6.45) is 2.66. The van der Waals surface area contributed by atoms with Crippen LogP contribution in [0.15, 0.2) is 71.0 Å². The van der Waals surface area contributed by atoms with E-state index >= 15 is 0 Å². The number of amides is 1. The fourth-order valence-corrected chi connectivity index (χ4v) is 4.72. The second kappa shape index (κ2) is 12.1. The van der Waals surface area contributed by atoms with Crippen LogP contribution in [0.5, 0.6) is 11.6 Å². The Morgan fingerprint density at radius 1 is 1.07 bits per heavy atom. The lowest BCUT2D eigenvalue weighted by Crippen LogP contribution is -2.36. The van der Waals surface area contributed by atoms with Crippen molar-refractivity contribution in [2.45, 2.75) is 29.1 Å². The minimum absolute atomic E-state index is 0.0152. The van der Waals surface area contributed by atoms with Crippen LogP contribution in [-0.2, 0) is 0 Å². The minimum atomic E-state index is -0.372. The molecule has 0 radical (unpaired) electrons. The van der Waals surface area contributed by atoms with E-state index in [1.54, 1.807) is 30.5 Å². The first-order valence-corrected chi connectivity index (χ1v) is 13.5. The molecule has 5 rings (SSSR count). The van der Waals surface area contributed by atoms with E-state index in [4.69, 9.17) is 15.5 Å². The number of nitrogens with zero attached hydrogens (tertiary/aromatic N) is 7. The van der Waals surface area contributed by atoms with Crippen molar-refractivity contribution >= 4 is 41.1 Å². The monoisotopic (exact) mass is 559 g/mol. The van der Waals surface area contributed by atoms with Gasteiger partial charge in [-0.25, -0.2) is 4.98 Å². The predicted molar refractivity (Wildman–Crippen MR) is 153 cm³/mol. The summed E-state index contributed by atoms with van der Waals surface area (Å²) in [6.45, 7) is 1.32. The molecule has 13 heteroatoms. The highest BCUT2D eigenvalue weighted by molar-refractivity contribution is 7.99. The molecule has 3 heterocycles. The molecule has 2 aromatic heterocycles. The molecule has 1 aliphatic heterocycles. The highest BCUT2D eigenvalue weighted by Crippen LogP contribution is 2.35. The number of carbonyl (C=O) groups excluding carboxylic acids is 1. The van der Waals surface area contributed by atoms with Crippen LogP contribution >= 0.6 is 11.8 Å². The number of hydrogen-bond acceptors (Lipinski definition) is 12. The highest BCUT2D eigenvalue weighted by Gasteiger charge is 2.22. The molecule has 1 fully saturated rings. The van der Waals surface area contributed by atoms with Gasteiger partial charge in [-0.15, -0.1) is 0 Å². The maximum Gasteiger partial charge on any atom is 0.258 e. The normalized spacial score (nSPS) is 13.6. The van der Waals surface area contributed by atoms with Crippen molar-refractivity contribution in [3.63, 3.8) is 0 Å². The van der Waals surface area contributed by atoms with Gasteiger partial charge in [0, 0.05) is 44.5 Å². The zero-order chi connectivity index (χ0) is 28.1. The van der Waals surface area contributed by atoms with Gasteiger partial charge in [-0.2, -0.15) is 19.9 Å². The van der Waals surface area contributed by atoms with Gasteiger partial charge in [0.05, 0.1) is 12.3 Å². The van der Waals surface area contributed by atoms with Crippen LogP contribution in [0.3, 0.4) is 0 Å². The van der Waals surface area contributed by atoms with Crippen molar-refractivity contribution in [2.75, 3.05) is 48.0 Å². The molecule has 0 atom stereocenters. The zero-order valence-corrected chi connectivity index (χ0v) is 22.9. The molecular weight excluding hydrogens is 530 g/mol. The van der Waals surface area contributed by atoms with Gasteiger partial charge in [-0.1, -0.05) is 24.3 Å². The van der Waals surface area contributed by atoms with Crippen molar-refractivity contribution in [3.05, 3.63) is 66.4 Å². The van der Waals surface area contributed by atoms with E-state index in [0.29, 0.717) is 48.1 Å². The van der Waals surface area contributed by atoms with Gasteiger partial charge in [0.25, 0.3) is 11.8 Å². The van der Waals surface area contributed by atoms with Gasteiger partial charge < -0.3 is 25.4 Å². The Hall–Kier alpha value is -4.49. The van der Waals surface area contributed by atoms with E-state index in [1.807, 2.05) is 49.3 Å². The summed E-state index contributed by atoms with van der Waals surface area (Å²) in [5.41, 5.74) is 7.36. The molecule has 0 bridgehead atoms. The maximum atomic E-state index is 12.6. The molecule has 1 amide bonds. The summed E-state index contributed by atoms with van der Waals surface area (Å²) in [6, 6.07) is 16.3. The molecule has 40 heavy (non-hydrogen) atoms. The Bertz CT molecular complexity index is 1480. The summed E-state index contributed by atoms with van der Waals surface area (Å²) in [7, 11) is 3.90. The van der Waals surface area contributed by atoms with Gasteiger partial charge in [0.2, 0.25) is 17.1 Å². The lowest BCUT2D eigenvalue weighted by molar-refractivity contribution is 0.102. The fourth-order valence-electron chi connectivity index (χ4n) is 4.00. The largest absolute Gasteiger partial charge is 0.437 e. The van der Waals surface area contributed by atoms with Crippen molar-refractivity contribution in [1.82, 2.24) is 24.9 Å². The lowest BCUT2D eigenvalue weighted by Gasteiger charge is -2.30. The lowest BCUT2D eigenvalue weighted by atomic mass is 10.1. The number of anilines is 4. The third-order valence-corrected chi connectivity index (χ3v) is 6.95. The Morgan fingerprint density at radius 3 is 2.60 bits per heavy atom. The molecule has 4 aromatic rings. The van der Waals surface area contributed by atoms with Crippen LogP contribution < -0.4 is 25.6 Å². The number of aromatic nitrogens is 5. The van der Waals surface area contributed by atoms with Crippen LogP contribution in [0.2, 0.25) is 0 Å². The summed E-state index contributed by atoms with van der Waals surface area (Å²) in [5, 5.41) is 13.2. The molecule has 4 N–H and O–H groups in total. The Labute approximate surface area is 235 Å². The number of carbonyl (C=O) groups is 1. The quantitative estimate of drug-likeness (QED) is 0.289. The molecule has 1 saturated heterocycles. The van der Waals surface area contributed by atoms with E-state index in [2.05, 4.69) is 30.2 Å². The Morgan fingerprint density at radius 2 is 1.85 bits per heavy atom. The van der Waals surface area contributed by atoms with Crippen LogP contribution in [0.1, 0.15) is 23.2 Å². The number of nitrogen functional groups attached to an aromatic ring is 1. The predicted octanol–water partition coefficient (Wildman–Crippen LogP) is 3.47. The van der Waals surface area contributed by atoms with E-state index in [9.17, 15) is 9.90 Å². The second-order valence-electron chi connectivity index (χ2n) is 9.27. The number of benzene rings is 2.